The van der Waals surface area contributed by atoms with E-state index < -0.39 is 0 Å². The number of pyridine rings is 1. The Kier molecular flexibility index (Phi) is 4.75. The maximum Gasteiger partial charge on any atom is 0.258 e. The summed E-state index contributed by atoms with van der Waals surface area (Å²) >= 11 is 0. The summed E-state index contributed by atoms with van der Waals surface area (Å²) in [6.45, 7) is 4.70. The lowest BCUT2D eigenvalue weighted by molar-refractivity contribution is 0.250. The largest absolute Gasteiger partial charge is 0.294 e. The van der Waals surface area contributed by atoms with Crippen molar-refractivity contribution in [2.75, 3.05) is 7.05 Å². The number of rotatable bonds is 5. The first kappa shape index (κ1) is 18.1. The van der Waals surface area contributed by atoms with Gasteiger partial charge < -0.3 is 0 Å². The highest BCUT2D eigenvalue weighted by Gasteiger charge is 2.14. The summed E-state index contributed by atoms with van der Waals surface area (Å²) in [5, 5.41) is 4.15. The average molecular weight is 374 g/mol. The summed E-state index contributed by atoms with van der Waals surface area (Å²) in [5.41, 5.74) is 4.56. The van der Waals surface area contributed by atoms with Crippen molar-refractivity contribution in [3.05, 3.63) is 88.5 Å². The van der Waals surface area contributed by atoms with Gasteiger partial charge in [-0.15, -0.1) is 0 Å². The summed E-state index contributed by atoms with van der Waals surface area (Å²) < 4.78 is 3.32. The second-order valence-electron chi connectivity index (χ2n) is 6.99. The molecule has 1 atom stereocenters. The van der Waals surface area contributed by atoms with Gasteiger partial charge in [0.25, 0.3) is 5.56 Å². The molecule has 0 aliphatic heterocycles. The third-order valence-electron chi connectivity index (χ3n) is 5.07. The Bertz CT molecular complexity index is 1150. The monoisotopic (exact) mass is 374 g/mol. The Morgan fingerprint density at radius 1 is 1.18 bits per heavy atom. The van der Waals surface area contributed by atoms with E-state index in [1.807, 2.05) is 38.2 Å². The number of aromatic nitrogens is 5. The van der Waals surface area contributed by atoms with Gasteiger partial charge in [-0.2, -0.15) is 5.10 Å². The molecule has 3 heterocycles. The van der Waals surface area contributed by atoms with Crippen LogP contribution < -0.4 is 5.56 Å². The van der Waals surface area contributed by atoms with Gasteiger partial charge in [0.1, 0.15) is 18.3 Å². The first-order valence-corrected chi connectivity index (χ1v) is 9.16. The van der Waals surface area contributed by atoms with E-state index in [1.54, 1.807) is 27.7 Å². The maximum atomic E-state index is 12.4. The highest BCUT2D eigenvalue weighted by molar-refractivity contribution is 5.46. The van der Waals surface area contributed by atoms with Gasteiger partial charge in [-0.25, -0.2) is 14.6 Å². The zero-order chi connectivity index (χ0) is 19.7. The van der Waals surface area contributed by atoms with Crippen LogP contribution in [0, 0.1) is 6.92 Å². The summed E-state index contributed by atoms with van der Waals surface area (Å²) in [4.78, 5) is 23.3. The van der Waals surface area contributed by atoms with Crippen LogP contribution in [0.4, 0.5) is 0 Å². The molecule has 0 saturated heterocycles. The molecule has 3 aromatic heterocycles. The van der Waals surface area contributed by atoms with E-state index in [1.165, 1.54) is 11.9 Å². The first-order chi connectivity index (χ1) is 13.5. The molecule has 28 heavy (non-hydrogen) atoms. The lowest BCUT2D eigenvalue weighted by Gasteiger charge is -2.25. The molecule has 0 aliphatic carbocycles. The van der Waals surface area contributed by atoms with E-state index >= 15 is 0 Å². The SMILES string of the molecule is Cc1cccn2c(=O)cc(CN(C)C(C)c3ccc(-n4cncn4)cc3)nc12. The Morgan fingerprint density at radius 3 is 2.68 bits per heavy atom. The third kappa shape index (κ3) is 3.44. The molecule has 0 spiro atoms. The van der Waals surface area contributed by atoms with Gasteiger partial charge in [-0.05, 0) is 50.2 Å². The highest BCUT2D eigenvalue weighted by atomic mass is 16.1. The van der Waals surface area contributed by atoms with Gasteiger partial charge in [-0.1, -0.05) is 18.2 Å². The minimum atomic E-state index is -0.0538. The second-order valence-corrected chi connectivity index (χ2v) is 6.99. The van der Waals surface area contributed by atoms with Crippen LogP contribution in [0.2, 0.25) is 0 Å². The molecular formula is C21H22N6O. The molecule has 7 nitrogen and oxygen atoms in total. The number of aryl methyl sites for hydroxylation is 1. The van der Waals surface area contributed by atoms with Crippen LogP contribution in [0.3, 0.4) is 0 Å². The van der Waals surface area contributed by atoms with Gasteiger partial charge in [0.15, 0.2) is 0 Å². The van der Waals surface area contributed by atoms with Gasteiger partial charge in [0.05, 0.1) is 11.4 Å². The van der Waals surface area contributed by atoms with Gasteiger partial charge >= 0.3 is 0 Å². The van der Waals surface area contributed by atoms with Crippen molar-refractivity contribution in [2.24, 2.45) is 0 Å². The van der Waals surface area contributed by atoms with E-state index in [9.17, 15) is 4.79 Å². The fraction of sp³-hybridized carbons (Fsp3) is 0.238. The standard InChI is InChI=1S/C21H22N6O/c1-15-5-4-10-26-20(28)11-18(24-21(15)26)12-25(3)16(2)17-6-8-19(9-7-17)27-14-22-13-23-27/h4-11,13-14,16H,12H2,1-3H3. The van der Waals surface area contributed by atoms with Crippen LogP contribution >= 0.6 is 0 Å². The van der Waals surface area contributed by atoms with E-state index in [0.29, 0.717) is 12.2 Å². The minimum absolute atomic E-state index is 0.0538. The van der Waals surface area contributed by atoms with Gasteiger partial charge in [0.2, 0.25) is 0 Å². The molecule has 0 radical (unpaired) electrons. The number of benzene rings is 1. The third-order valence-corrected chi connectivity index (χ3v) is 5.07. The van der Waals surface area contributed by atoms with E-state index in [-0.39, 0.29) is 11.6 Å². The summed E-state index contributed by atoms with van der Waals surface area (Å²) in [6.07, 6.45) is 4.95. The molecule has 0 saturated carbocycles. The maximum absolute atomic E-state index is 12.4. The smallest absolute Gasteiger partial charge is 0.258 e. The summed E-state index contributed by atoms with van der Waals surface area (Å²) in [5.74, 6) is 0. The predicted octanol–water partition coefficient (Wildman–Crippen LogP) is 2.78. The van der Waals surface area contributed by atoms with Crippen molar-refractivity contribution in [1.29, 1.82) is 0 Å². The Labute approximate surface area is 162 Å². The Balaban J connectivity index is 1.55. The molecule has 142 valence electrons. The van der Waals surface area contributed by atoms with Gasteiger partial charge in [0, 0.05) is 24.8 Å². The molecule has 0 fully saturated rings. The topological polar surface area (TPSA) is 68.3 Å². The van der Waals surface area contributed by atoms with Gasteiger partial charge in [-0.3, -0.25) is 14.1 Å². The number of hydrogen-bond acceptors (Lipinski definition) is 5. The zero-order valence-electron chi connectivity index (χ0n) is 16.1. The van der Waals surface area contributed by atoms with Crippen molar-refractivity contribution in [3.8, 4) is 5.69 Å². The minimum Gasteiger partial charge on any atom is -0.294 e. The van der Waals surface area contributed by atoms with Crippen molar-refractivity contribution in [3.63, 3.8) is 0 Å². The van der Waals surface area contributed by atoms with Crippen LogP contribution in [0.1, 0.15) is 29.8 Å². The molecule has 0 aliphatic rings. The number of fused-ring (bicyclic) bond motifs is 1. The lowest BCUT2D eigenvalue weighted by atomic mass is 10.1. The predicted molar refractivity (Wildman–Crippen MR) is 107 cm³/mol. The van der Waals surface area contributed by atoms with Crippen molar-refractivity contribution < 1.29 is 0 Å². The lowest BCUT2D eigenvalue weighted by Crippen LogP contribution is -2.25. The highest BCUT2D eigenvalue weighted by Crippen LogP contribution is 2.21. The fourth-order valence-electron chi connectivity index (χ4n) is 3.28. The van der Waals surface area contributed by atoms with Crippen molar-refractivity contribution in [1.82, 2.24) is 29.0 Å². The quantitative estimate of drug-likeness (QED) is 0.537. The van der Waals surface area contributed by atoms with E-state index in [0.717, 1.165) is 16.9 Å². The number of hydrogen-bond donors (Lipinski definition) is 0. The second kappa shape index (κ2) is 7.36. The van der Waals surface area contributed by atoms with Crippen LogP contribution in [0.15, 0.2) is 66.1 Å². The van der Waals surface area contributed by atoms with Crippen LogP contribution in [0.5, 0.6) is 0 Å². The molecule has 1 aromatic carbocycles. The van der Waals surface area contributed by atoms with Crippen LogP contribution in [0.25, 0.3) is 11.3 Å². The van der Waals surface area contributed by atoms with E-state index in [4.69, 9.17) is 4.98 Å². The van der Waals surface area contributed by atoms with Crippen molar-refractivity contribution in [2.45, 2.75) is 26.4 Å². The van der Waals surface area contributed by atoms with E-state index in [2.05, 4.69) is 34.0 Å². The normalized spacial score (nSPS) is 12.6. The molecule has 4 aromatic rings. The molecule has 7 heteroatoms. The molecular weight excluding hydrogens is 352 g/mol. The Hall–Kier alpha value is -3.32. The van der Waals surface area contributed by atoms with Crippen molar-refractivity contribution >= 4 is 5.65 Å². The first-order valence-electron chi connectivity index (χ1n) is 9.16. The average Bonchev–Trinajstić information content (AvgIpc) is 3.23. The molecule has 0 bridgehead atoms. The summed E-state index contributed by atoms with van der Waals surface area (Å²) in [6, 6.07) is 13.8. The fourth-order valence-corrected chi connectivity index (χ4v) is 3.28. The molecule has 0 N–H and O–H groups in total. The summed E-state index contributed by atoms with van der Waals surface area (Å²) in [7, 11) is 2.04. The number of nitrogens with zero attached hydrogens (tertiary/aromatic N) is 6. The molecule has 4 rings (SSSR count). The Morgan fingerprint density at radius 2 is 1.96 bits per heavy atom. The van der Waals surface area contributed by atoms with Crippen LogP contribution in [-0.2, 0) is 6.54 Å². The molecule has 1 unspecified atom stereocenters. The van der Waals surface area contributed by atoms with Crippen LogP contribution in [-0.4, -0.2) is 36.1 Å². The molecule has 0 amide bonds. The zero-order valence-corrected chi connectivity index (χ0v) is 16.1.